The van der Waals surface area contributed by atoms with Crippen LogP contribution in [0.4, 0.5) is 5.69 Å². The van der Waals surface area contributed by atoms with Crippen molar-refractivity contribution < 1.29 is 14.3 Å². The summed E-state index contributed by atoms with van der Waals surface area (Å²) < 4.78 is 11.5. The zero-order valence-electron chi connectivity index (χ0n) is 15.3. The molecule has 3 rings (SSSR count). The number of rotatable bonds is 7. The molecule has 0 aliphatic carbocycles. The van der Waals surface area contributed by atoms with E-state index >= 15 is 0 Å². The molecule has 1 amide bonds. The second-order valence-corrected chi connectivity index (χ2v) is 7.84. The molecule has 140 valence electrons. The summed E-state index contributed by atoms with van der Waals surface area (Å²) in [5.41, 5.74) is 3.44. The number of amides is 1. The van der Waals surface area contributed by atoms with Crippen molar-refractivity contribution >= 4 is 34.7 Å². The number of methoxy groups -OCH3 is 2. The topological polar surface area (TPSA) is 60.5 Å². The lowest BCUT2D eigenvalue weighted by atomic mass is 10.1. The molecule has 27 heavy (non-hydrogen) atoms. The van der Waals surface area contributed by atoms with Crippen LogP contribution in [0.5, 0.6) is 11.5 Å². The van der Waals surface area contributed by atoms with Gasteiger partial charge < -0.3 is 14.8 Å². The van der Waals surface area contributed by atoms with Gasteiger partial charge in [0.1, 0.15) is 4.34 Å². The van der Waals surface area contributed by atoms with E-state index in [1.54, 1.807) is 55.5 Å². The maximum Gasteiger partial charge on any atom is 0.255 e. The second-order valence-electron chi connectivity index (χ2n) is 5.76. The first kappa shape index (κ1) is 19.3. The Labute approximate surface area is 166 Å². The molecule has 5 nitrogen and oxygen atoms in total. The number of nitrogens with one attached hydrogen (secondary N) is 1. The smallest absolute Gasteiger partial charge is 0.255 e. The third kappa shape index (κ3) is 5.02. The summed E-state index contributed by atoms with van der Waals surface area (Å²) >= 11 is 3.35. The first-order valence-electron chi connectivity index (χ1n) is 8.26. The number of anilines is 1. The average molecular weight is 401 g/mol. The van der Waals surface area contributed by atoms with Crippen molar-refractivity contribution in [3.05, 3.63) is 64.7 Å². The Hall–Kier alpha value is -2.51. The Kier molecular flexibility index (Phi) is 6.36. The molecule has 0 unspecified atom stereocenters. The zero-order valence-corrected chi connectivity index (χ0v) is 16.9. The van der Waals surface area contributed by atoms with E-state index in [1.807, 2.05) is 36.6 Å². The van der Waals surface area contributed by atoms with Crippen LogP contribution in [-0.4, -0.2) is 25.1 Å². The van der Waals surface area contributed by atoms with Gasteiger partial charge in [-0.15, -0.1) is 11.3 Å². The normalized spacial score (nSPS) is 10.5. The van der Waals surface area contributed by atoms with E-state index in [0.717, 1.165) is 21.3 Å². The molecule has 0 aliphatic rings. The highest BCUT2D eigenvalue weighted by Gasteiger charge is 2.10. The van der Waals surface area contributed by atoms with E-state index in [-0.39, 0.29) is 5.91 Å². The fraction of sp³-hybridized carbons (Fsp3) is 0.200. The first-order valence-corrected chi connectivity index (χ1v) is 10.1. The summed E-state index contributed by atoms with van der Waals surface area (Å²) in [5, 5.41) is 4.92. The molecule has 2 aromatic carbocycles. The van der Waals surface area contributed by atoms with E-state index in [9.17, 15) is 4.79 Å². The summed E-state index contributed by atoms with van der Waals surface area (Å²) in [6.07, 6.45) is 0. The fourth-order valence-corrected chi connectivity index (χ4v) is 4.22. The number of nitrogens with zero attached hydrogens (tertiary/aromatic N) is 1. The van der Waals surface area contributed by atoms with Crippen molar-refractivity contribution in [2.24, 2.45) is 0 Å². The van der Waals surface area contributed by atoms with Crippen LogP contribution in [0.3, 0.4) is 0 Å². The number of aromatic nitrogens is 1. The third-order valence-corrected chi connectivity index (χ3v) is 6.03. The van der Waals surface area contributed by atoms with Gasteiger partial charge in [-0.05, 0) is 36.8 Å². The maximum absolute atomic E-state index is 12.5. The van der Waals surface area contributed by atoms with Crippen LogP contribution in [0.2, 0.25) is 0 Å². The highest BCUT2D eigenvalue weighted by molar-refractivity contribution is 8.00. The molecule has 7 heteroatoms. The van der Waals surface area contributed by atoms with E-state index < -0.39 is 0 Å². The lowest BCUT2D eigenvalue weighted by Gasteiger charge is -2.11. The molecule has 0 atom stereocenters. The number of thiazole rings is 1. The van der Waals surface area contributed by atoms with Gasteiger partial charge in [0.15, 0.2) is 11.5 Å². The van der Waals surface area contributed by atoms with Crippen molar-refractivity contribution in [3.8, 4) is 11.5 Å². The summed E-state index contributed by atoms with van der Waals surface area (Å²) in [7, 11) is 3.14. The number of aryl methyl sites for hydroxylation is 1. The molecule has 1 N–H and O–H groups in total. The molecule has 0 fully saturated rings. The van der Waals surface area contributed by atoms with Crippen molar-refractivity contribution in [2.75, 3.05) is 19.5 Å². The number of thioether (sulfide) groups is 1. The SMILES string of the molecule is COc1ccc(NC(=O)c2ccc(CSc3nc(C)cs3)cc2)cc1OC. The summed E-state index contributed by atoms with van der Waals surface area (Å²) in [6.45, 7) is 1.99. The Morgan fingerprint density at radius 3 is 2.48 bits per heavy atom. The zero-order chi connectivity index (χ0) is 19.2. The monoisotopic (exact) mass is 400 g/mol. The Balaban J connectivity index is 1.61. The summed E-state index contributed by atoms with van der Waals surface area (Å²) in [6, 6.07) is 12.9. The van der Waals surface area contributed by atoms with Gasteiger partial charge in [-0.3, -0.25) is 4.79 Å². The minimum Gasteiger partial charge on any atom is -0.493 e. The molecular weight excluding hydrogens is 380 g/mol. The van der Waals surface area contributed by atoms with Gasteiger partial charge in [-0.1, -0.05) is 23.9 Å². The van der Waals surface area contributed by atoms with Crippen LogP contribution in [0, 0.1) is 6.92 Å². The lowest BCUT2D eigenvalue weighted by molar-refractivity contribution is 0.102. The molecule has 0 radical (unpaired) electrons. The quantitative estimate of drug-likeness (QED) is 0.565. The van der Waals surface area contributed by atoms with Crippen molar-refractivity contribution in [2.45, 2.75) is 17.0 Å². The van der Waals surface area contributed by atoms with Gasteiger partial charge in [0.25, 0.3) is 5.91 Å². The number of benzene rings is 2. The number of hydrogen-bond acceptors (Lipinski definition) is 6. The van der Waals surface area contributed by atoms with Crippen LogP contribution in [0.25, 0.3) is 0 Å². The molecule has 0 aliphatic heterocycles. The Morgan fingerprint density at radius 2 is 1.85 bits per heavy atom. The minimum absolute atomic E-state index is 0.169. The van der Waals surface area contributed by atoms with E-state index in [4.69, 9.17) is 9.47 Å². The van der Waals surface area contributed by atoms with Gasteiger partial charge in [0.2, 0.25) is 0 Å². The second kappa shape index (κ2) is 8.92. The van der Waals surface area contributed by atoms with Crippen LogP contribution < -0.4 is 14.8 Å². The molecule has 0 saturated carbocycles. The molecule has 3 aromatic rings. The highest BCUT2D eigenvalue weighted by atomic mass is 32.2. The van der Waals surface area contributed by atoms with E-state index in [2.05, 4.69) is 10.3 Å². The molecule has 0 bridgehead atoms. The van der Waals surface area contributed by atoms with Crippen LogP contribution >= 0.6 is 23.1 Å². The lowest BCUT2D eigenvalue weighted by Crippen LogP contribution is -2.12. The van der Waals surface area contributed by atoms with Gasteiger partial charge in [-0.25, -0.2) is 4.98 Å². The molecule has 0 spiro atoms. The van der Waals surface area contributed by atoms with Crippen LogP contribution in [-0.2, 0) is 5.75 Å². The molecular formula is C20H20N2O3S2. The fourth-order valence-electron chi connectivity index (χ4n) is 2.41. The van der Waals surface area contributed by atoms with Gasteiger partial charge in [-0.2, -0.15) is 0 Å². The number of hydrogen-bond donors (Lipinski definition) is 1. The average Bonchev–Trinajstić information content (AvgIpc) is 3.11. The maximum atomic E-state index is 12.5. The number of carbonyl (C=O) groups excluding carboxylic acids is 1. The Morgan fingerprint density at radius 1 is 1.11 bits per heavy atom. The highest BCUT2D eigenvalue weighted by Crippen LogP contribution is 2.30. The van der Waals surface area contributed by atoms with Crippen molar-refractivity contribution in [3.63, 3.8) is 0 Å². The molecule has 0 saturated heterocycles. The Bertz CT molecular complexity index is 923. The molecule has 1 aromatic heterocycles. The summed E-state index contributed by atoms with van der Waals surface area (Å²) in [5.74, 6) is 1.84. The van der Waals surface area contributed by atoms with Crippen LogP contribution in [0.1, 0.15) is 21.6 Å². The number of carbonyl (C=O) groups is 1. The van der Waals surface area contributed by atoms with E-state index in [1.165, 1.54) is 0 Å². The molecule has 1 heterocycles. The predicted molar refractivity (Wildman–Crippen MR) is 110 cm³/mol. The van der Waals surface area contributed by atoms with Gasteiger partial charge in [0, 0.05) is 34.1 Å². The van der Waals surface area contributed by atoms with E-state index in [0.29, 0.717) is 22.7 Å². The largest absolute Gasteiger partial charge is 0.493 e. The van der Waals surface area contributed by atoms with Crippen molar-refractivity contribution in [1.82, 2.24) is 4.98 Å². The van der Waals surface area contributed by atoms with Crippen LogP contribution in [0.15, 0.2) is 52.2 Å². The van der Waals surface area contributed by atoms with Gasteiger partial charge in [0.05, 0.1) is 14.2 Å². The minimum atomic E-state index is -0.169. The third-order valence-electron chi connectivity index (χ3n) is 3.82. The first-order chi connectivity index (χ1) is 13.1. The van der Waals surface area contributed by atoms with Crippen molar-refractivity contribution in [1.29, 1.82) is 0 Å². The standard InChI is InChI=1S/C20H20N2O3S2/c1-13-11-26-20(21-13)27-12-14-4-6-15(7-5-14)19(23)22-16-8-9-17(24-2)18(10-16)25-3/h4-11H,12H2,1-3H3,(H,22,23). The summed E-state index contributed by atoms with van der Waals surface area (Å²) in [4.78, 5) is 16.9. The number of ether oxygens (including phenoxy) is 2. The van der Waals surface area contributed by atoms with Gasteiger partial charge >= 0.3 is 0 Å². The predicted octanol–water partition coefficient (Wildman–Crippen LogP) is 5.01.